The maximum atomic E-state index is 5.96. The highest BCUT2D eigenvalue weighted by Crippen LogP contribution is 2.19. The fraction of sp³-hybridized carbons (Fsp3) is 0.882. The molecule has 0 unspecified atom stereocenters. The summed E-state index contributed by atoms with van der Waals surface area (Å²) in [5.74, 6) is 0. The van der Waals surface area contributed by atoms with Crippen molar-refractivity contribution in [1.29, 1.82) is 0 Å². The lowest BCUT2D eigenvalue weighted by molar-refractivity contribution is 0.0536. The van der Waals surface area contributed by atoms with Gasteiger partial charge in [-0.2, -0.15) is 0 Å². The molecular formula is C17H38N2O6Si2. The standard InChI is InChI=1S/C17H38N2O6Si2/c1-7-20-26(21-8-2,22-9-3)16-18-13-14-19(15-18)17-27(23-10-4,24-11-5)25-12-6/h13-14H,7-12,15-17H2,1-6H3. The van der Waals surface area contributed by atoms with E-state index in [9.17, 15) is 0 Å². The quantitative estimate of drug-likeness (QED) is 0.351. The smallest absolute Gasteiger partial charge is 0.373 e. The molecule has 0 aromatic carbocycles. The maximum Gasteiger partial charge on any atom is 0.521 e. The molecule has 1 aliphatic heterocycles. The van der Waals surface area contributed by atoms with Crippen molar-refractivity contribution in [2.24, 2.45) is 0 Å². The van der Waals surface area contributed by atoms with Gasteiger partial charge < -0.3 is 36.4 Å². The second kappa shape index (κ2) is 12.9. The summed E-state index contributed by atoms with van der Waals surface area (Å²) in [7, 11) is -5.46. The van der Waals surface area contributed by atoms with Crippen LogP contribution < -0.4 is 0 Å². The second-order valence-corrected chi connectivity index (χ2v) is 11.0. The number of hydrogen-bond donors (Lipinski definition) is 0. The summed E-state index contributed by atoms with van der Waals surface area (Å²) in [6.07, 6.45) is 5.31. The Morgan fingerprint density at radius 2 is 0.815 bits per heavy atom. The van der Waals surface area contributed by atoms with Crippen LogP contribution >= 0.6 is 0 Å². The zero-order valence-electron chi connectivity index (χ0n) is 17.9. The Labute approximate surface area is 167 Å². The van der Waals surface area contributed by atoms with E-state index in [4.69, 9.17) is 26.6 Å². The lowest BCUT2D eigenvalue weighted by atomic mass is 10.8. The van der Waals surface area contributed by atoms with Crippen LogP contribution in [0.4, 0.5) is 0 Å². The van der Waals surface area contributed by atoms with Crippen LogP contribution in [-0.4, -0.2) is 86.1 Å². The largest absolute Gasteiger partial charge is 0.521 e. The van der Waals surface area contributed by atoms with Gasteiger partial charge in [0.1, 0.15) is 0 Å². The highest BCUT2D eigenvalue weighted by molar-refractivity contribution is 6.61. The molecule has 8 nitrogen and oxygen atoms in total. The van der Waals surface area contributed by atoms with Gasteiger partial charge in [0.2, 0.25) is 0 Å². The van der Waals surface area contributed by atoms with Crippen molar-refractivity contribution in [3.8, 4) is 0 Å². The van der Waals surface area contributed by atoms with Gasteiger partial charge in [-0.15, -0.1) is 0 Å². The molecule has 0 atom stereocenters. The van der Waals surface area contributed by atoms with E-state index in [0.29, 0.717) is 58.6 Å². The molecule has 0 bridgehead atoms. The molecule has 0 saturated heterocycles. The lowest BCUT2D eigenvalue weighted by Crippen LogP contribution is -2.57. The van der Waals surface area contributed by atoms with Crippen molar-refractivity contribution in [2.45, 2.75) is 41.5 Å². The molecular weight excluding hydrogens is 384 g/mol. The first-order valence-electron chi connectivity index (χ1n) is 10.0. The summed E-state index contributed by atoms with van der Waals surface area (Å²) in [6, 6.07) is 0. The van der Waals surface area contributed by atoms with Gasteiger partial charge in [0.15, 0.2) is 0 Å². The van der Waals surface area contributed by atoms with Crippen LogP contribution in [-0.2, 0) is 26.6 Å². The molecule has 1 rings (SSSR count). The number of hydrogen-bond acceptors (Lipinski definition) is 8. The van der Waals surface area contributed by atoms with Gasteiger partial charge in [0.25, 0.3) is 0 Å². The third kappa shape index (κ3) is 7.82. The van der Waals surface area contributed by atoms with Crippen LogP contribution in [0.3, 0.4) is 0 Å². The fourth-order valence-corrected chi connectivity index (χ4v) is 8.15. The van der Waals surface area contributed by atoms with E-state index < -0.39 is 17.6 Å². The minimum atomic E-state index is -2.73. The Morgan fingerprint density at radius 1 is 0.556 bits per heavy atom. The Kier molecular flexibility index (Phi) is 11.7. The highest BCUT2D eigenvalue weighted by atomic mass is 28.4. The van der Waals surface area contributed by atoms with Gasteiger partial charge in [0.05, 0.1) is 19.0 Å². The van der Waals surface area contributed by atoms with Crippen molar-refractivity contribution in [3.05, 3.63) is 12.4 Å². The van der Waals surface area contributed by atoms with Gasteiger partial charge >= 0.3 is 17.6 Å². The van der Waals surface area contributed by atoms with E-state index in [1.165, 1.54) is 0 Å². The molecule has 160 valence electrons. The normalized spacial score (nSPS) is 15.2. The first-order valence-corrected chi connectivity index (χ1v) is 13.9. The van der Waals surface area contributed by atoms with E-state index in [1.54, 1.807) is 0 Å². The first kappa shape index (κ1) is 24.6. The molecule has 1 aliphatic rings. The summed E-state index contributed by atoms with van der Waals surface area (Å²) in [5.41, 5.74) is 0. The molecule has 27 heavy (non-hydrogen) atoms. The van der Waals surface area contributed by atoms with Crippen LogP contribution in [0.15, 0.2) is 12.4 Å². The molecule has 1 heterocycles. The van der Waals surface area contributed by atoms with Crippen molar-refractivity contribution in [1.82, 2.24) is 9.80 Å². The number of rotatable bonds is 16. The minimum absolute atomic E-state index is 0.572. The van der Waals surface area contributed by atoms with E-state index in [1.807, 2.05) is 53.9 Å². The molecule has 0 aromatic rings. The molecule has 0 fully saturated rings. The van der Waals surface area contributed by atoms with E-state index >= 15 is 0 Å². The van der Waals surface area contributed by atoms with Crippen LogP contribution in [0, 0.1) is 0 Å². The Bertz CT molecular complexity index is 360. The van der Waals surface area contributed by atoms with Crippen molar-refractivity contribution in [2.75, 3.05) is 58.6 Å². The SMILES string of the molecule is CCO[Si](CN1C=CN(C[Si](OCC)(OCC)OCC)C1)(OCC)OCC. The van der Waals surface area contributed by atoms with Crippen LogP contribution in [0.5, 0.6) is 0 Å². The van der Waals surface area contributed by atoms with Crippen LogP contribution in [0.25, 0.3) is 0 Å². The third-order valence-electron chi connectivity index (χ3n) is 3.83. The van der Waals surface area contributed by atoms with Crippen LogP contribution in [0.1, 0.15) is 41.5 Å². The van der Waals surface area contributed by atoms with Gasteiger partial charge in [-0.1, -0.05) is 0 Å². The summed E-state index contributed by atoms with van der Waals surface area (Å²) < 4.78 is 35.8. The van der Waals surface area contributed by atoms with Gasteiger partial charge in [-0.3, -0.25) is 0 Å². The van der Waals surface area contributed by atoms with Gasteiger partial charge in [0, 0.05) is 52.0 Å². The molecule has 0 N–H and O–H groups in total. The summed E-state index contributed by atoms with van der Waals surface area (Å²) in [5, 5.41) is 0. The zero-order chi connectivity index (χ0) is 20.2. The molecule has 0 aliphatic carbocycles. The van der Waals surface area contributed by atoms with Gasteiger partial charge in [-0.25, -0.2) is 0 Å². The van der Waals surface area contributed by atoms with Crippen molar-refractivity contribution in [3.63, 3.8) is 0 Å². The van der Waals surface area contributed by atoms with Gasteiger partial charge in [-0.05, 0) is 41.5 Å². The number of nitrogens with zero attached hydrogens (tertiary/aromatic N) is 2. The first-order chi connectivity index (χ1) is 13.0. The van der Waals surface area contributed by atoms with E-state index in [-0.39, 0.29) is 0 Å². The third-order valence-corrected chi connectivity index (χ3v) is 9.79. The average molecular weight is 423 g/mol. The summed E-state index contributed by atoms with van der Waals surface area (Å²) >= 11 is 0. The van der Waals surface area contributed by atoms with E-state index in [2.05, 4.69) is 9.80 Å². The molecule has 0 saturated carbocycles. The molecule has 0 spiro atoms. The molecule has 0 radical (unpaired) electrons. The Morgan fingerprint density at radius 3 is 1.04 bits per heavy atom. The summed E-state index contributed by atoms with van der Waals surface area (Å²) in [6.45, 7) is 16.0. The molecule has 0 amide bonds. The minimum Gasteiger partial charge on any atom is -0.373 e. The monoisotopic (exact) mass is 422 g/mol. The van der Waals surface area contributed by atoms with Crippen LogP contribution in [0.2, 0.25) is 0 Å². The topological polar surface area (TPSA) is 61.9 Å². The predicted molar refractivity (Wildman–Crippen MR) is 109 cm³/mol. The summed E-state index contributed by atoms with van der Waals surface area (Å²) in [4.78, 5) is 4.33. The van der Waals surface area contributed by atoms with E-state index in [0.717, 1.165) is 0 Å². The Hall–Kier alpha value is -0.466. The Balaban J connectivity index is 2.76. The maximum absolute atomic E-state index is 5.96. The second-order valence-electron chi connectivity index (χ2n) is 5.90. The lowest BCUT2D eigenvalue weighted by Gasteiger charge is -2.34. The zero-order valence-corrected chi connectivity index (χ0v) is 19.9. The predicted octanol–water partition coefficient (Wildman–Crippen LogP) is 2.21. The molecule has 0 aromatic heterocycles. The molecule has 10 heteroatoms. The fourth-order valence-electron chi connectivity index (χ4n) is 3.06. The average Bonchev–Trinajstić information content (AvgIpc) is 3.02. The van der Waals surface area contributed by atoms with Crippen molar-refractivity contribution < 1.29 is 26.6 Å². The van der Waals surface area contributed by atoms with Crippen molar-refractivity contribution >= 4 is 17.6 Å². The highest BCUT2D eigenvalue weighted by Gasteiger charge is 2.45.